The molecule has 0 atom stereocenters. The summed E-state index contributed by atoms with van der Waals surface area (Å²) in [7, 11) is 0. The molecule has 19 heavy (non-hydrogen) atoms. The Hall–Kier alpha value is -2.00. The van der Waals surface area contributed by atoms with E-state index in [-0.39, 0.29) is 0 Å². The Morgan fingerprint density at radius 1 is 1.11 bits per heavy atom. The largest absolute Gasteiger partial charge is 0.369 e. The summed E-state index contributed by atoms with van der Waals surface area (Å²) in [5, 5.41) is 0.665. The van der Waals surface area contributed by atoms with Crippen LogP contribution in [0.15, 0.2) is 36.4 Å². The lowest BCUT2D eigenvalue weighted by molar-refractivity contribution is 1.08. The van der Waals surface area contributed by atoms with Crippen LogP contribution in [0.4, 0.5) is 5.95 Å². The van der Waals surface area contributed by atoms with Gasteiger partial charge in [0, 0.05) is 5.02 Å². The number of hydrogen-bond donors (Lipinski definition) is 1. The van der Waals surface area contributed by atoms with Crippen molar-refractivity contribution in [3.05, 3.63) is 52.5 Å². The molecule has 0 bridgehead atoms. The molecule has 0 aliphatic rings. The Balaban J connectivity index is 2.36. The molecule has 0 aliphatic heterocycles. The topological polar surface area (TPSA) is 43.8 Å². The lowest BCUT2D eigenvalue weighted by Crippen LogP contribution is -2.02. The molecular weight excluding hydrogens is 258 g/mol. The van der Waals surface area contributed by atoms with Gasteiger partial charge in [-0.1, -0.05) is 23.7 Å². The van der Waals surface area contributed by atoms with Crippen LogP contribution in [-0.2, 0) is 0 Å². The predicted molar refractivity (Wildman–Crippen MR) is 80.0 cm³/mol. The van der Waals surface area contributed by atoms with E-state index in [2.05, 4.69) is 37.0 Å². The zero-order chi connectivity index (χ0) is 13.6. The van der Waals surface area contributed by atoms with E-state index in [9.17, 15) is 0 Å². The van der Waals surface area contributed by atoms with Gasteiger partial charge in [-0.3, -0.25) is 4.57 Å². The maximum Gasteiger partial charge on any atom is 0.205 e. The van der Waals surface area contributed by atoms with Gasteiger partial charge in [0.25, 0.3) is 0 Å². The molecule has 0 aliphatic carbocycles. The average Bonchev–Trinajstić information content (AvgIpc) is 2.67. The predicted octanol–water partition coefficient (Wildman–Crippen LogP) is 3.88. The van der Waals surface area contributed by atoms with Crippen LogP contribution in [0.3, 0.4) is 0 Å². The molecule has 0 spiro atoms. The Morgan fingerprint density at radius 3 is 2.68 bits per heavy atom. The van der Waals surface area contributed by atoms with E-state index in [1.807, 2.05) is 22.8 Å². The minimum absolute atomic E-state index is 0.478. The SMILES string of the molecule is Cc1ccc(C)c(-n2c(N)nc3cc(Cl)ccc32)c1. The van der Waals surface area contributed by atoms with Crippen LogP contribution in [0.1, 0.15) is 11.1 Å². The summed E-state index contributed by atoms with van der Waals surface area (Å²) in [5.41, 5.74) is 11.2. The maximum atomic E-state index is 6.06. The second-order valence-corrected chi connectivity index (χ2v) is 5.16. The third kappa shape index (κ3) is 1.96. The van der Waals surface area contributed by atoms with E-state index < -0.39 is 0 Å². The fourth-order valence-electron chi connectivity index (χ4n) is 2.29. The van der Waals surface area contributed by atoms with Crippen LogP contribution in [0.5, 0.6) is 0 Å². The van der Waals surface area contributed by atoms with Gasteiger partial charge in [-0.2, -0.15) is 0 Å². The van der Waals surface area contributed by atoms with E-state index in [0.717, 1.165) is 22.3 Å². The molecule has 0 saturated carbocycles. The first-order chi connectivity index (χ1) is 9.06. The number of aromatic nitrogens is 2. The van der Waals surface area contributed by atoms with E-state index in [1.54, 1.807) is 0 Å². The molecule has 0 unspecified atom stereocenters. The highest BCUT2D eigenvalue weighted by atomic mass is 35.5. The summed E-state index contributed by atoms with van der Waals surface area (Å²) in [6, 6.07) is 11.9. The van der Waals surface area contributed by atoms with E-state index >= 15 is 0 Å². The van der Waals surface area contributed by atoms with Crippen molar-refractivity contribution >= 4 is 28.6 Å². The molecule has 0 saturated heterocycles. The zero-order valence-corrected chi connectivity index (χ0v) is 11.6. The highest BCUT2D eigenvalue weighted by Crippen LogP contribution is 2.27. The molecule has 0 radical (unpaired) electrons. The molecule has 2 aromatic carbocycles. The lowest BCUT2D eigenvalue weighted by atomic mass is 10.1. The number of fused-ring (bicyclic) bond motifs is 1. The molecule has 3 aromatic rings. The smallest absolute Gasteiger partial charge is 0.205 e. The Kier molecular flexibility index (Phi) is 2.72. The number of halogens is 1. The summed E-state index contributed by atoms with van der Waals surface area (Å²) < 4.78 is 1.97. The number of anilines is 1. The molecule has 3 nitrogen and oxygen atoms in total. The van der Waals surface area contributed by atoms with Gasteiger partial charge in [0.2, 0.25) is 5.95 Å². The van der Waals surface area contributed by atoms with Crippen molar-refractivity contribution in [1.29, 1.82) is 0 Å². The summed E-state index contributed by atoms with van der Waals surface area (Å²) in [4.78, 5) is 4.38. The third-order valence-corrected chi connectivity index (χ3v) is 3.48. The van der Waals surface area contributed by atoms with Gasteiger partial charge in [-0.15, -0.1) is 0 Å². The normalized spacial score (nSPS) is 11.1. The minimum atomic E-state index is 0.478. The molecular formula is C15H14ClN3. The number of benzene rings is 2. The summed E-state index contributed by atoms with van der Waals surface area (Å²) in [6.45, 7) is 4.13. The zero-order valence-electron chi connectivity index (χ0n) is 10.8. The van der Waals surface area contributed by atoms with Gasteiger partial charge in [0.1, 0.15) is 0 Å². The quantitative estimate of drug-likeness (QED) is 0.730. The average molecular weight is 272 g/mol. The highest BCUT2D eigenvalue weighted by Gasteiger charge is 2.12. The van der Waals surface area contributed by atoms with Crippen LogP contribution in [0, 0.1) is 13.8 Å². The Bertz CT molecular complexity index is 774. The first kappa shape index (κ1) is 12.1. The number of nitrogen functional groups attached to an aromatic ring is 1. The first-order valence-electron chi connectivity index (χ1n) is 6.07. The molecule has 1 heterocycles. The Morgan fingerprint density at radius 2 is 1.89 bits per heavy atom. The molecule has 1 aromatic heterocycles. The Labute approximate surface area is 116 Å². The van der Waals surface area contributed by atoms with Gasteiger partial charge >= 0.3 is 0 Å². The fraction of sp³-hybridized carbons (Fsp3) is 0.133. The van der Waals surface area contributed by atoms with Crippen molar-refractivity contribution in [3.8, 4) is 5.69 Å². The number of imidazole rings is 1. The number of nitrogens with two attached hydrogens (primary N) is 1. The number of aryl methyl sites for hydroxylation is 2. The monoisotopic (exact) mass is 271 g/mol. The van der Waals surface area contributed by atoms with Crippen molar-refractivity contribution in [2.24, 2.45) is 0 Å². The van der Waals surface area contributed by atoms with E-state index in [0.29, 0.717) is 11.0 Å². The first-order valence-corrected chi connectivity index (χ1v) is 6.45. The van der Waals surface area contributed by atoms with Crippen LogP contribution >= 0.6 is 11.6 Å². The van der Waals surface area contributed by atoms with Crippen LogP contribution in [-0.4, -0.2) is 9.55 Å². The second kappa shape index (κ2) is 4.28. The minimum Gasteiger partial charge on any atom is -0.369 e. The van der Waals surface area contributed by atoms with Gasteiger partial charge in [-0.25, -0.2) is 4.98 Å². The molecule has 96 valence electrons. The van der Waals surface area contributed by atoms with Gasteiger partial charge in [0.05, 0.1) is 16.7 Å². The van der Waals surface area contributed by atoms with E-state index in [1.165, 1.54) is 5.56 Å². The van der Waals surface area contributed by atoms with Crippen LogP contribution in [0.2, 0.25) is 5.02 Å². The third-order valence-electron chi connectivity index (χ3n) is 3.25. The summed E-state index contributed by atoms with van der Waals surface area (Å²) in [6.07, 6.45) is 0. The van der Waals surface area contributed by atoms with Gasteiger partial charge < -0.3 is 5.73 Å². The molecule has 2 N–H and O–H groups in total. The number of hydrogen-bond acceptors (Lipinski definition) is 2. The van der Waals surface area contributed by atoms with Crippen LogP contribution in [0.25, 0.3) is 16.7 Å². The van der Waals surface area contributed by atoms with Crippen molar-refractivity contribution in [2.75, 3.05) is 5.73 Å². The maximum absolute atomic E-state index is 6.06. The highest BCUT2D eigenvalue weighted by molar-refractivity contribution is 6.31. The van der Waals surface area contributed by atoms with Crippen molar-refractivity contribution in [3.63, 3.8) is 0 Å². The molecule has 3 rings (SSSR count). The molecule has 0 fully saturated rings. The van der Waals surface area contributed by atoms with Crippen molar-refractivity contribution in [1.82, 2.24) is 9.55 Å². The van der Waals surface area contributed by atoms with Crippen LogP contribution < -0.4 is 5.73 Å². The molecule has 4 heteroatoms. The van der Waals surface area contributed by atoms with Gasteiger partial charge in [0.15, 0.2) is 0 Å². The van der Waals surface area contributed by atoms with Crippen molar-refractivity contribution < 1.29 is 0 Å². The summed E-state index contributed by atoms with van der Waals surface area (Å²) >= 11 is 5.99. The summed E-state index contributed by atoms with van der Waals surface area (Å²) in [5.74, 6) is 0.478. The molecule has 0 amide bonds. The lowest BCUT2D eigenvalue weighted by Gasteiger charge is -2.11. The fourth-order valence-corrected chi connectivity index (χ4v) is 2.45. The number of nitrogens with zero attached hydrogens (tertiary/aromatic N) is 2. The van der Waals surface area contributed by atoms with Crippen molar-refractivity contribution in [2.45, 2.75) is 13.8 Å². The second-order valence-electron chi connectivity index (χ2n) is 4.73. The van der Waals surface area contributed by atoms with Gasteiger partial charge in [-0.05, 0) is 49.2 Å². The number of rotatable bonds is 1. The standard InChI is InChI=1S/C15H14ClN3/c1-9-3-4-10(2)14(7-9)19-13-6-5-11(16)8-12(13)18-15(19)17/h3-8H,1-2H3,(H2,17,18). The van der Waals surface area contributed by atoms with E-state index in [4.69, 9.17) is 17.3 Å².